The van der Waals surface area contributed by atoms with Crippen molar-refractivity contribution in [2.45, 2.75) is 6.54 Å². The molecule has 3 aromatic carbocycles. The van der Waals surface area contributed by atoms with Gasteiger partial charge in [-0.25, -0.2) is 5.43 Å². The molecule has 4 aromatic rings. The Balaban J connectivity index is 1.30. The Morgan fingerprint density at radius 2 is 1.60 bits per heavy atom. The Labute approximate surface area is 212 Å². The number of benzene rings is 3. The second-order valence-electron chi connectivity index (χ2n) is 7.67. The average molecular weight is 509 g/mol. The minimum Gasteiger partial charge on any atom is -0.484 e. The molecule has 178 valence electrons. The van der Waals surface area contributed by atoms with Crippen LogP contribution in [-0.4, -0.2) is 35.7 Å². The summed E-state index contributed by atoms with van der Waals surface area (Å²) in [5.74, 6) is -0.371. The van der Waals surface area contributed by atoms with Gasteiger partial charge < -0.3 is 14.6 Å². The van der Waals surface area contributed by atoms with E-state index in [2.05, 4.69) is 20.4 Å². The van der Waals surface area contributed by atoms with Crippen molar-refractivity contribution in [1.82, 2.24) is 15.3 Å². The predicted octanol–water partition coefficient (Wildman–Crippen LogP) is 4.64. The first-order chi connectivity index (χ1) is 17.0. The zero-order valence-electron chi connectivity index (χ0n) is 18.6. The molecule has 2 N–H and O–H groups in total. The molecule has 0 radical (unpaired) electrons. The molecule has 0 aliphatic rings. The van der Waals surface area contributed by atoms with Crippen molar-refractivity contribution in [2.24, 2.45) is 5.10 Å². The number of halogens is 2. The molecule has 7 nitrogen and oxygen atoms in total. The zero-order valence-corrected chi connectivity index (χ0v) is 20.1. The molecule has 0 fully saturated rings. The summed E-state index contributed by atoms with van der Waals surface area (Å²) in [5, 5.41) is 8.82. The van der Waals surface area contributed by atoms with Crippen LogP contribution >= 0.6 is 23.2 Å². The summed E-state index contributed by atoms with van der Waals surface area (Å²) in [6, 6.07) is 22.3. The number of hydrogen-bond donors (Lipinski definition) is 2. The topological polar surface area (TPSA) is 84.7 Å². The number of aromatic nitrogens is 1. The summed E-state index contributed by atoms with van der Waals surface area (Å²) >= 11 is 11.8. The Morgan fingerprint density at radius 3 is 2.34 bits per heavy atom. The highest BCUT2D eigenvalue weighted by atomic mass is 35.5. The molecule has 4 rings (SSSR count). The third-order valence-electron chi connectivity index (χ3n) is 5.11. The average Bonchev–Trinajstić information content (AvgIpc) is 3.21. The van der Waals surface area contributed by atoms with E-state index in [4.69, 9.17) is 27.9 Å². The number of carbonyl (C=O) groups excluding carboxylic acids is 2. The molecular formula is C26H22Cl2N4O3. The van der Waals surface area contributed by atoms with E-state index in [1.807, 2.05) is 54.7 Å². The van der Waals surface area contributed by atoms with Crippen molar-refractivity contribution in [1.29, 1.82) is 0 Å². The quantitative estimate of drug-likeness (QED) is 0.255. The molecule has 9 heteroatoms. The number of fused-ring (bicyclic) bond motifs is 1. The summed E-state index contributed by atoms with van der Waals surface area (Å²) in [7, 11) is 0. The number of rotatable bonds is 9. The molecule has 0 aliphatic carbocycles. The standard InChI is InChI=1S/C26H22Cl2N4O3/c27-20-7-5-18(6-8-20)15-32-16-19(23-3-1-2-4-24(23)32)13-30-31-25(33)14-29-26(34)17-35-22-11-9-21(28)10-12-22/h1-13,16H,14-15,17H2,(H,29,34)(H,31,33)/b30-13-. The lowest BCUT2D eigenvalue weighted by Gasteiger charge is -2.06. The number of ether oxygens (including phenoxy) is 1. The SMILES string of the molecule is O=C(COc1ccc(Cl)cc1)NCC(=O)N/N=C\c1cn(Cc2ccc(Cl)cc2)c2ccccc12. The van der Waals surface area contributed by atoms with E-state index < -0.39 is 11.8 Å². The molecule has 0 saturated heterocycles. The minimum atomic E-state index is -0.453. The fraction of sp³-hybridized carbons (Fsp3) is 0.115. The maximum absolute atomic E-state index is 12.1. The van der Waals surface area contributed by atoms with Gasteiger partial charge in [-0.15, -0.1) is 0 Å². The largest absolute Gasteiger partial charge is 0.484 e. The van der Waals surface area contributed by atoms with Crippen molar-refractivity contribution < 1.29 is 14.3 Å². The monoisotopic (exact) mass is 508 g/mol. The third kappa shape index (κ3) is 6.85. The van der Waals surface area contributed by atoms with Gasteiger partial charge in [0.15, 0.2) is 6.61 Å². The van der Waals surface area contributed by atoms with E-state index >= 15 is 0 Å². The zero-order chi connectivity index (χ0) is 24.6. The molecule has 0 unspecified atom stereocenters. The molecule has 0 aliphatic heterocycles. The van der Waals surface area contributed by atoms with Gasteiger partial charge in [0.05, 0.1) is 12.8 Å². The van der Waals surface area contributed by atoms with Gasteiger partial charge in [0, 0.05) is 39.3 Å². The van der Waals surface area contributed by atoms with Crippen LogP contribution in [0.1, 0.15) is 11.1 Å². The first-order valence-electron chi connectivity index (χ1n) is 10.8. The van der Waals surface area contributed by atoms with Crippen molar-refractivity contribution in [3.05, 3.63) is 100 Å². The van der Waals surface area contributed by atoms with Crippen LogP contribution in [0.2, 0.25) is 10.0 Å². The van der Waals surface area contributed by atoms with Crippen molar-refractivity contribution >= 4 is 52.1 Å². The van der Waals surface area contributed by atoms with Gasteiger partial charge in [0.1, 0.15) is 5.75 Å². The lowest BCUT2D eigenvalue weighted by Crippen LogP contribution is -2.37. The lowest BCUT2D eigenvalue weighted by atomic mass is 10.2. The van der Waals surface area contributed by atoms with Gasteiger partial charge in [-0.2, -0.15) is 5.10 Å². The minimum absolute atomic E-state index is 0.217. The van der Waals surface area contributed by atoms with Gasteiger partial charge in [-0.05, 0) is 48.0 Å². The number of nitrogens with zero attached hydrogens (tertiary/aromatic N) is 2. The molecule has 1 heterocycles. The van der Waals surface area contributed by atoms with Crippen LogP contribution in [0.15, 0.2) is 84.1 Å². The number of hydrazone groups is 1. The van der Waals surface area contributed by atoms with Crippen LogP contribution in [-0.2, 0) is 16.1 Å². The Hall–Kier alpha value is -3.81. The normalized spacial score (nSPS) is 11.0. The molecule has 2 amide bonds. The van der Waals surface area contributed by atoms with Crippen molar-refractivity contribution in [2.75, 3.05) is 13.2 Å². The van der Waals surface area contributed by atoms with Crippen molar-refractivity contribution in [3.63, 3.8) is 0 Å². The molecule has 0 atom stereocenters. The van der Waals surface area contributed by atoms with E-state index in [9.17, 15) is 9.59 Å². The van der Waals surface area contributed by atoms with Crippen LogP contribution in [0.3, 0.4) is 0 Å². The van der Waals surface area contributed by atoms with Crippen molar-refractivity contribution in [3.8, 4) is 5.75 Å². The van der Waals surface area contributed by atoms with E-state index in [1.54, 1.807) is 30.5 Å². The lowest BCUT2D eigenvalue weighted by molar-refractivity contribution is -0.127. The number of carbonyl (C=O) groups is 2. The fourth-order valence-corrected chi connectivity index (χ4v) is 3.67. The first-order valence-corrected chi connectivity index (χ1v) is 11.5. The highest BCUT2D eigenvalue weighted by molar-refractivity contribution is 6.30. The Kier molecular flexibility index (Phi) is 8.03. The summed E-state index contributed by atoms with van der Waals surface area (Å²) in [5.41, 5.74) is 5.45. The number of amides is 2. The summed E-state index contributed by atoms with van der Waals surface area (Å²) < 4.78 is 7.46. The maximum atomic E-state index is 12.1. The van der Waals surface area contributed by atoms with Gasteiger partial charge in [-0.3, -0.25) is 9.59 Å². The van der Waals surface area contributed by atoms with Gasteiger partial charge in [0.2, 0.25) is 0 Å². The molecule has 1 aromatic heterocycles. The summed E-state index contributed by atoms with van der Waals surface area (Å²) in [6.45, 7) is 0.228. The Morgan fingerprint density at radius 1 is 0.914 bits per heavy atom. The van der Waals surface area contributed by atoms with E-state index in [0.717, 1.165) is 22.0 Å². The van der Waals surface area contributed by atoms with Crippen LogP contribution < -0.4 is 15.5 Å². The maximum Gasteiger partial charge on any atom is 0.259 e. The highest BCUT2D eigenvalue weighted by Crippen LogP contribution is 2.22. The van der Waals surface area contributed by atoms with Gasteiger partial charge >= 0.3 is 0 Å². The number of para-hydroxylation sites is 1. The van der Waals surface area contributed by atoms with E-state index in [1.165, 1.54) is 0 Å². The van der Waals surface area contributed by atoms with Gasteiger partial charge in [0.25, 0.3) is 11.8 Å². The number of nitrogens with one attached hydrogen (secondary N) is 2. The number of hydrogen-bond acceptors (Lipinski definition) is 4. The van der Waals surface area contributed by atoms with Crippen LogP contribution in [0.4, 0.5) is 0 Å². The molecule has 0 spiro atoms. The molecular weight excluding hydrogens is 487 g/mol. The second kappa shape index (κ2) is 11.6. The van der Waals surface area contributed by atoms with Crippen LogP contribution in [0, 0.1) is 0 Å². The summed E-state index contributed by atoms with van der Waals surface area (Å²) in [6.07, 6.45) is 3.56. The predicted molar refractivity (Wildman–Crippen MR) is 138 cm³/mol. The molecule has 35 heavy (non-hydrogen) atoms. The highest BCUT2D eigenvalue weighted by Gasteiger charge is 2.09. The first kappa shape index (κ1) is 24.3. The van der Waals surface area contributed by atoms with E-state index in [0.29, 0.717) is 22.3 Å². The van der Waals surface area contributed by atoms with Crippen LogP contribution in [0.25, 0.3) is 10.9 Å². The Bertz CT molecular complexity index is 1350. The third-order valence-corrected chi connectivity index (χ3v) is 5.61. The summed E-state index contributed by atoms with van der Waals surface area (Å²) in [4.78, 5) is 24.0. The second-order valence-corrected chi connectivity index (χ2v) is 8.54. The fourth-order valence-electron chi connectivity index (χ4n) is 3.42. The molecule has 0 bridgehead atoms. The molecule has 0 saturated carbocycles. The van der Waals surface area contributed by atoms with Gasteiger partial charge in [-0.1, -0.05) is 53.5 Å². The van der Waals surface area contributed by atoms with Crippen LogP contribution in [0.5, 0.6) is 5.75 Å². The van der Waals surface area contributed by atoms with E-state index in [-0.39, 0.29) is 13.2 Å². The smallest absolute Gasteiger partial charge is 0.259 e.